The van der Waals surface area contributed by atoms with Crippen LogP contribution in [0.4, 0.5) is 5.69 Å². The van der Waals surface area contributed by atoms with Gasteiger partial charge in [-0.25, -0.2) is 8.42 Å². The van der Waals surface area contributed by atoms with Crippen molar-refractivity contribution in [2.45, 2.75) is 11.8 Å². The van der Waals surface area contributed by atoms with Gasteiger partial charge in [-0.3, -0.25) is 19.3 Å². The van der Waals surface area contributed by atoms with Crippen LogP contribution >= 0.6 is 0 Å². The standard InChI is InChI=1S/C21H21N3O6S/c1-16(25)17-8-10-19(11-9-17)31(28,29)23(2)14-21(27)30-15-20(26)24(13-12-22)18-6-4-3-5-7-18/h3-11H,13-15H2,1-2H3. The molecule has 0 atom stereocenters. The molecule has 31 heavy (non-hydrogen) atoms. The van der Waals surface area contributed by atoms with E-state index < -0.39 is 35.1 Å². The number of nitrogens with zero attached hydrogens (tertiary/aromatic N) is 3. The number of Topliss-reactive ketones (excluding diaryl/α,β-unsaturated/α-hetero) is 1. The zero-order chi connectivity index (χ0) is 23.0. The van der Waals surface area contributed by atoms with Crippen LogP contribution in [0, 0.1) is 11.3 Å². The Morgan fingerprint density at radius 3 is 2.19 bits per heavy atom. The highest BCUT2D eigenvalue weighted by Gasteiger charge is 2.25. The van der Waals surface area contributed by atoms with E-state index in [0.717, 1.165) is 9.21 Å². The third-order valence-electron chi connectivity index (χ3n) is 4.28. The van der Waals surface area contributed by atoms with Crippen LogP contribution in [0.1, 0.15) is 17.3 Å². The van der Waals surface area contributed by atoms with Gasteiger partial charge in [0.05, 0.1) is 11.0 Å². The van der Waals surface area contributed by atoms with Crippen molar-refractivity contribution in [3.05, 3.63) is 60.2 Å². The number of anilines is 1. The number of ketones is 1. The maximum absolute atomic E-state index is 12.6. The number of rotatable bonds is 9. The summed E-state index contributed by atoms with van der Waals surface area (Å²) in [6.07, 6.45) is 0. The van der Waals surface area contributed by atoms with Gasteiger partial charge in [-0.1, -0.05) is 30.3 Å². The van der Waals surface area contributed by atoms with Gasteiger partial charge in [0.15, 0.2) is 12.4 Å². The third-order valence-corrected chi connectivity index (χ3v) is 6.09. The Bertz CT molecular complexity index is 1090. The molecule has 0 aliphatic heterocycles. The van der Waals surface area contributed by atoms with Gasteiger partial charge in [0, 0.05) is 18.3 Å². The summed E-state index contributed by atoms with van der Waals surface area (Å²) in [5.41, 5.74) is 0.832. The van der Waals surface area contributed by atoms with E-state index in [1.165, 1.54) is 38.2 Å². The van der Waals surface area contributed by atoms with Crippen LogP contribution in [-0.2, 0) is 24.3 Å². The number of likely N-dealkylation sites (N-methyl/N-ethyl adjacent to an activating group) is 1. The van der Waals surface area contributed by atoms with E-state index in [9.17, 15) is 22.8 Å². The molecule has 0 spiro atoms. The van der Waals surface area contributed by atoms with Crippen molar-refractivity contribution < 1.29 is 27.5 Å². The Labute approximate surface area is 180 Å². The maximum Gasteiger partial charge on any atom is 0.321 e. The average Bonchev–Trinajstić information content (AvgIpc) is 2.76. The lowest BCUT2D eigenvalue weighted by atomic mass is 10.2. The molecule has 1 amide bonds. The van der Waals surface area contributed by atoms with Crippen molar-refractivity contribution in [2.75, 3.05) is 31.6 Å². The summed E-state index contributed by atoms with van der Waals surface area (Å²) in [6.45, 7) is -0.127. The molecule has 0 aromatic heterocycles. The molecule has 0 saturated heterocycles. The van der Waals surface area contributed by atoms with Gasteiger partial charge < -0.3 is 4.74 Å². The zero-order valence-electron chi connectivity index (χ0n) is 17.0. The van der Waals surface area contributed by atoms with E-state index in [1.807, 2.05) is 6.07 Å². The van der Waals surface area contributed by atoms with Crippen LogP contribution in [0.5, 0.6) is 0 Å². The second-order valence-electron chi connectivity index (χ2n) is 6.48. The quantitative estimate of drug-likeness (QED) is 0.327. The predicted octanol–water partition coefficient (Wildman–Crippen LogP) is 1.61. The lowest BCUT2D eigenvalue weighted by Crippen LogP contribution is -2.37. The zero-order valence-corrected chi connectivity index (χ0v) is 17.8. The number of ether oxygens (including phenoxy) is 1. The van der Waals surface area contributed by atoms with E-state index >= 15 is 0 Å². The Morgan fingerprint density at radius 2 is 1.65 bits per heavy atom. The maximum atomic E-state index is 12.6. The molecule has 0 heterocycles. The summed E-state index contributed by atoms with van der Waals surface area (Å²) in [5, 5.41) is 8.94. The lowest BCUT2D eigenvalue weighted by molar-refractivity contribution is -0.147. The summed E-state index contributed by atoms with van der Waals surface area (Å²) in [6, 6.07) is 15.6. The molecular formula is C21H21N3O6S. The van der Waals surface area contributed by atoms with Gasteiger partial charge in [0.25, 0.3) is 5.91 Å². The number of amides is 1. The van der Waals surface area contributed by atoms with Crippen molar-refractivity contribution in [3.8, 4) is 6.07 Å². The van der Waals surface area contributed by atoms with E-state index in [4.69, 9.17) is 10.00 Å². The van der Waals surface area contributed by atoms with Crippen molar-refractivity contribution in [3.63, 3.8) is 0 Å². The number of sulfonamides is 1. The smallest absolute Gasteiger partial charge is 0.321 e. The summed E-state index contributed by atoms with van der Waals surface area (Å²) in [7, 11) is -2.80. The monoisotopic (exact) mass is 443 g/mol. The second kappa shape index (κ2) is 10.5. The fourth-order valence-electron chi connectivity index (χ4n) is 2.58. The molecule has 2 rings (SSSR count). The first kappa shape index (κ1) is 23.7. The SMILES string of the molecule is CC(=O)c1ccc(S(=O)(=O)N(C)CC(=O)OCC(=O)N(CC#N)c2ccccc2)cc1. The minimum absolute atomic E-state index is 0.0897. The second-order valence-corrected chi connectivity index (χ2v) is 8.52. The van der Waals surface area contributed by atoms with Gasteiger partial charge in [-0.15, -0.1) is 0 Å². The highest BCUT2D eigenvalue weighted by Crippen LogP contribution is 2.16. The summed E-state index contributed by atoms with van der Waals surface area (Å²) in [4.78, 5) is 36.8. The first-order valence-electron chi connectivity index (χ1n) is 9.12. The Hall–Kier alpha value is -3.55. The molecule has 2 aromatic carbocycles. The van der Waals surface area contributed by atoms with Crippen molar-refractivity contribution in [1.29, 1.82) is 5.26 Å². The molecule has 2 aromatic rings. The Kier molecular flexibility index (Phi) is 8.01. The number of benzene rings is 2. The first-order chi connectivity index (χ1) is 14.7. The molecule has 9 nitrogen and oxygen atoms in total. The van der Waals surface area contributed by atoms with E-state index in [2.05, 4.69) is 0 Å². The highest BCUT2D eigenvalue weighted by molar-refractivity contribution is 7.89. The van der Waals surface area contributed by atoms with Gasteiger partial charge in [0.1, 0.15) is 13.1 Å². The van der Waals surface area contributed by atoms with E-state index in [1.54, 1.807) is 30.3 Å². The lowest BCUT2D eigenvalue weighted by Gasteiger charge is -2.20. The summed E-state index contributed by atoms with van der Waals surface area (Å²) < 4.78 is 30.9. The normalized spacial score (nSPS) is 10.9. The molecule has 0 bridgehead atoms. The van der Waals surface area contributed by atoms with Gasteiger partial charge in [-0.05, 0) is 31.2 Å². The fourth-order valence-corrected chi connectivity index (χ4v) is 3.69. The van der Waals surface area contributed by atoms with Crippen LogP contribution < -0.4 is 4.90 Å². The number of hydrogen-bond acceptors (Lipinski definition) is 7. The Morgan fingerprint density at radius 1 is 1.03 bits per heavy atom. The summed E-state index contributed by atoms with van der Waals surface area (Å²) in [5.74, 6) is -1.75. The van der Waals surface area contributed by atoms with Crippen LogP contribution in [0.2, 0.25) is 0 Å². The summed E-state index contributed by atoms with van der Waals surface area (Å²) >= 11 is 0. The molecular weight excluding hydrogens is 422 g/mol. The van der Waals surface area contributed by atoms with Crippen molar-refractivity contribution in [1.82, 2.24) is 4.31 Å². The molecule has 162 valence electrons. The average molecular weight is 443 g/mol. The number of para-hydroxylation sites is 1. The molecule has 0 radical (unpaired) electrons. The number of esters is 1. The first-order valence-corrected chi connectivity index (χ1v) is 10.6. The van der Waals surface area contributed by atoms with E-state index in [-0.39, 0.29) is 17.2 Å². The number of carbonyl (C=O) groups is 3. The van der Waals surface area contributed by atoms with Gasteiger partial charge >= 0.3 is 5.97 Å². The van der Waals surface area contributed by atoms with Crippen molar-refractivity contribution in [2.24, 2.45) is 0 Å². The van der Waals surface area contributed by atoms with Crippen LogP contribution in [-0.4, -0.2) is 57.1 Å². The minimum atomic E-state index is -4.00. The largest absolute Gasteiger partial charge is 0.455 e. The van der Waals surface area contributed by atoms with Gasteiger partial charge in [0.2, 0.25) is 10.0 Å². The molecule has 0 aliphatic carbocycles. The molecule has 0 unspecified atom stereocenters. The molecule has 0 N–H and O–H groups in total. The van der Waals surface area contributed by atoms with Crippen molar-refractivity contribution >= 4 is 33.4 Å². The molecule has 0 saturated carbocycles. The van der Waals surface area contributed by atoms with E-state index in [0.29, 0.717) is 11.3 Å². The fraction of sp³-hybridized carbons (Fsp3) is 0.238. The van der Waals surface area contributed by atoms with Crippen LogP contribution in [0.15, 0.2) is 59.5 Å². The highest BCUT2D eigenvalue weighted by atomic mass is 32.2. The topological polar surface area (TPSA) is 125 Å². The minimum Gasteiger partial charge on any atom is -0.455 e. The van der Waals surface area contributed by atoms with Gasteiger partial charge in [-0.2, -0.15) is 9.57 Å². The van der Waals surface area contributed by atoms with Crippen LogP contribution in [0.25, 0.3) is 0 Å². The Balaban J connectivity index is 1.98. The van der Waals surface area contributed by atoms with Crippen LogP contribution in [0.3, 0.4) is 0 Å². The molecule has 0 aliphatic rings. The molecule has 0 fully saturated rings. The number of nitriles is 1. The number of carbonyl (C=O) groups excluding carboxylic acids is 3. The molecule has 10 heteroatoms. The number of hydrogen-bond donors (Lipinski definition) is 0. The third kappa shape index (κ3) is 6.21. The predicted molar refractivity (Wildman–Crippen MR) is 112 cm³/mol.